The van der Waals surface area contributed by atoms with Gasteiger partial charge < -0.3 is 5.32 Å². The van der Waals surface area contributed by atoms with E-state index in [9.17, 15) is 4.79 Å². The predicted molar refractivity (Wildman–Crippen MR) is 53.3 cm³/mol. The Morgan fingerprint density at radius 1 is 1.46 bits per heavy atom. The van der Waals surface area contributed by atoms with Crippen LogP contribution in [0.3, 0.4) is 0 Å². The van der Waals surface area contributed by atoms with Crippen molar-refractivity contribution in [2.45, 2.75) is 44.6 Å². The largest absolute Gasteiger partial charge is 0.347 e. The molecule has 1 amide bonds. The minimum absolute atomic E-state index is 0.00266. The molecular formula is C11H17NO. The smallest absolute Gasteiger partial charge is 0.252 e. The number of nitrogens with one attached hydrogen (secondary N) is 1. The van der Waals surface area contributed by atoms with Crippen LogP contribution in [-0.4, -0.2) is 11.4 Å². The highest BCUT2D eigenvalue weighted by atomic mass is 16.1. The third-order valence-electron chi connectivity index (χ3n) is 2.62. The predicted octanol–water partition coefficient (Wildman–Crippen LogP) is 2.17. The number of carbonyl (C=O) groups is 1. The second-order valence-electron chi connectivity index (χ2n) is 3.96. The van der Waals surface area contributed by atoms with Crippen LogP contribution in [0.2, 0.25) is 0 Å². The number of rotatable bonds is 2. The Morgan fingerprint density at radius 2 is 2.08 bits per heavy atom. The van der Waals surface area contributed by atoms with Crippen molar-refractivity contribution in [3.8, 4) is 0 Å². The highest BCUT2D eigenvalue weighted by Gasteiger charge is 2.27. The van der Waals surface area contributed by atoms with Gasteiger partial charge in [-0.25, -0.2) is 0 Å². The summed E-state index contributed by atoms with van der Waals surface area (Å²) in [7, 11) is 0. The number of amides is 1. The maximum absolute atomic E-state index is 11.2. The molecule has 2 nitrogen and oxygen atoms in total. The highest BCUT2D eigenvalue weighted by Crippen LogP contribution is 2.27. The Morgan fingerprint density at radius 3 is 2.62 bits per heavy atom. The quantitative estimate of drug-likeness (QED) is 0.511. The average molecular weight is 179 g/mol. The van der Waals surface area contributed by atoms with E-state index in [4.69, 9.17) is 0 Å². The molecule has 1 aliphatic rings. The number of carbonyl (C=O) groups excluding carboxylic acids is 1. The van der Waals surface area contributed by atoms with Crippen LogP contribution in [0.1, 0.15) is 39.0 Å². The van der Waals surface area contributed by atoms with Crippen LogP contribution < -0.4 is 5.32 Å². The van der Waals surface area contributed by atoms with Gasteiger partial charge in [0.05, 0.1) is 0 Å². The first-order valence-electron chi connectivity index (χ1n) is 4.84. The Labute approximate surface area is 79.7 Å². The minimum atomic E-state index is -0.0700. The molecule has 72 valence electrons. The normalized spacial score (nSPS) is 20.1. The maximum atomic E-state index is 11.2. The molecule has 0 aromatic heterocycles. The van der Waals surface area contributed by atoms with Gasteiger partial charge in [0.2, 0.25) is 0 Å². The summed E-state index contributed by atoms with van der Waals surface area (Å²) < 4.78 is 0. The molecule has 0 aromatic carbocycles. The molecule has 0 aromatic rings. The molecule has 0 saturated heterocycles. The molecule has 0 aliphatic heterocycles. The standard InChI is InChI=1S/C11H17NO/c1-3-7-10(13)12-11(2)8-5-4-6-9-11/h7H,1,4-6,8-9H2,2H3,(H,12,13). The summed E-state index contributed by atoms with van der Waals surface area (Å²) >= 11 is 0. The van der Waals surface area contributed by atoms with Crippen molar-refractivity contribution < 1.29 is 4.79 Å². The summed E-state index contributed by atoms with van der Waals surface area (Å²) in [6.45, 7) is 5.49. The van der Waals surface area contributed by atoms with E-state index in [1.165, 1.54) is 25.3 Å². The fourth-order valence-electron chi connectivity index (χ4n) is 1.88. The third kappa shape index (κ3) is 3.08. The van der Waals surface area contributed by atoms with E-state index in [2.05, 4.69) is 24.6 Å². The molecule has 0 spiro atoms. The van der Waals surface area contributed by atoms with E-state index < -0.39 is 0 Å². The Balaban J connectivity index is 2.49. The van der Waals surface area contributed by atoms with Crippen molar-refractivity contribution in [2.75, 3.05) is 0 Å². The molecule has 1 saturated carbocycles. The van der Waals surface area contributed by atoms with Crippen molar-refractivity contribution in [3.63, 3.8) is 0 Å². The van der Waals surface area contributed by atoms with Crippen molar-refractivity contribution in [1.82, 2.24) is 5.32 Å². The summed E-state index contributed by atoms with van der Waals surface area (Å²) in [4.78, 5) is 11.2. The monoisotopic (exact) mass is 179 g/mol. The fraction of sp³-hybridized carbons (Fsp3) is 0.636. The lowest BCUT2D eigenvalue weighted by molar-refractivity contribution is -0.118. The van der Waals surface area contributed by atoms with Crippen LogP contribution in [0.15, 0.2) is 18.4 Å². The zero-order valence-electron chi connectivity index (χ0n) is 8.23. The SMILES string of the molecule is C=C=CC(=O)NC1(C)CCCCC1. The van der Waals surface area contributed by atoms with Crippen LogP contribution in [0.5, 0.6) is 0 Å². The van der Waals surface area contributed by atoms with Gasteiger partial charge >= 0.3 is 0 Å². The molecule has 1 rings (SSSR count). The molecule has 13 heavy (non-hydrogen) atoms. The first-order valence-corrected chi connectivity index (χ1v) is 4.84. The molecule has 0 heterocycles. The minimum Gasteiger partial charge on any atom is -0.347 e. The first kappa shape index (κ1) is 10.1. The number of hydrogen-bond donors (Lipinski definition) is 1. The van der Waals surface area contributed by atoms with Crippen molar-refractivity contribution in [2.24, 2.45) is 0 Å². The lowest BCUT2D eigenvalue weighted by Gasteiger charge is -2.34. The van der Waals surface area contributed by atoms with Crippen LogP contribution in [-0.2, 0) is 4.79 Å². The van der Waals surface area contributed by atoms with E-state index in [0.717, 1.165) is 12.8 Å². The van der Waals surface area contributed by atoms with Gasteiger partial charge in [-0.15, -0.1) is 5.73 Å². The Kier molecular flexibility index (Phi) is 3.32. The van der Waals surface area contributed by atoms with E-state index in [0.29, 0.717) is 0 Å². The Bertz CT molecular complexity index is 232. The highest BCUT2D eigenvalue weighted by molar-refractivity contribution is 5.87. The van der Waals surface area contributed by atoms with Gasteiger partial charge in [-0.05, 0) is 19.8 Å². The zero-order chi connectivity index (χ0) is 9.73. The number of hydrogen-bond acceptors (Lipinski definition) is 1. The molecule has 0 radical (unpaired) electrons. The topological polar surface area (TPSA) is 29.1 Å². The molecule has 2 heteroatoms. The van der Waals surface area contributed by atoms with Crippen molar-refractivity contribution in [1.29, 1.82) is 0 Å². The first-order chi connectivity index (χ1) is 6.16. The second-order valence-corrected chi connectivity index (χ2v) is 3.96. The molecule has 0 unspecified atom stereocenters. The van der Waals surface area contributed by atoms with Crippen LogP contribution >= 0.6 is 0 Å². The van der Waals surface area contributed by atoms with Gasteiger partial charge in [0.1, 0.15) is 0 Å². The summed E-state index contributed by atoms with van der Waals surface area (Å²) in [5.41, 5.74) is 2.49. The summed E-state index contributed by atoms with van der Waals surface area (Å²) in [5, 5.41) is 3.00. The van der Waals surface area contributed by atoms with Crippen molar-refractivity contribution in [3.05, 3.63) is 18.4 Å². The van der Waals surface area contributed by atoms with E-state index in [1.807, 2.05) is 0 Å². The fourth-order valence-corrected chi connectivity index (χ4v) is 1.88. The van der Waals surface area contributed by atoms with E-state index >= 15 is 0 Å². The second kappa shape index (κ2) is 4.29. The van der Waals surface area contributed by atoms with Gasteiger partial charge in [-0.3, -0.25) is 4.79 Å². The lowest BCUT2D eigenvalue weighted by atomic mass is 9.83. The molecule has 0 bridgehead atoms. The summed E-state index contributed by atoms with van der Waals surface area (Å²) in [6, 6.07) is 0. The van der Waals surface area contributed by atoms with E-state index in [-0.39, 0.29) is 11.4 Å². The molecule has 0 atom stereocenters. The average Bonchev–Trinajstić information content (AvgIpc) is 2.04. The van der Waals surface area contributed by atoms with Gasteiger partial charge in [-0.2, -0.15) is 0 Å². The van der Waals surface area contributed by atoms with Crippen LogP contribution in [0, 0.1) is 0 Å². The molecule has 1 aliphatic carbocycles. The summed E-state index contributed by atoms with van der Waals surface area (Å²) in [5.74, 6) is -0.0700. The molecular weight excluding hydrogens is 162 g/mol. The van der Waals surface area contributed by atoms with Crippen LogP contribution in [0.4, 0.5) is 0 Å². The lowest BCUT2D eigenvalue weighted by Crippen LogP contribution is -2.46. The van der Waals surface area contributed by atoms with Gasteiger partial charge in [0, 0.05) is 11.6 Å². The zero-order valence-corrected chi connectivity index (χ0v) is 8.23. The van der Waals surface area contributed by atoms with Gasteiger partial charge in [0.25, 0.3) is 5.91 Å². The van der Waals surface area contributed by atoms with E-state index in [1.54, 1.807) is 0 Å². The molecule has 1 N–H and O–H groups in total. The van der Waals surface area contributed by atoms with Crippen molar-refractivity contribution >= 4 is 5.91 Å². The third-order valence-corrected chi connectivity index (χ3v) is 2.62. The Hall–Kier alpha value is -1.01. The maximum Gasteiger partial charge on any atom is 0.252 e. The van der Waals surface area contributed by atoms with Gasteiger partial charge in [0.15, 0.2) is 0 Å². The summed E-state index contributed by atoms with van der Waals surface area (Å²) in [6.07, 6.45) is 7.26. The molecule has 1 fully saturated rings. The van der Waals surface area contributed by atoms with Crippen LogP contribution in [0.25, 0.3) is 0 Å². The van der Waals surface area contributed by atoms with Gasteiger partial charge in [-0.1, -0.05) is 25.8 Å².